The monoisotopic (exact) mass is 463 g/mol. The molecule has 9 nitrogen and oxygen atoms in total. The molecule has 1 amide bonds. The topological polar surface area (TPSA) is 149 Å². The van der Waals surface area contributed by atoms with Crippen molar-refractivity contribution in [1.29, 1.82) is 0 Å². The SMILES string of the molecule is CC1(C)C(N)=N[C@](C)(c2nc(NC(=O)c3ccc(F)cn3)ccc2F)[C@@]2(CCN)N=S12=O. The number of aromatic nitrogens is 2. The zero-order chi connectivity index (χ0) is 23.5. The van der Waals surface area contributed by atoms with Crippen molar-refractivity contribution < 1.29 is 17.8 Å². The Morgan fingerprint density at radius 1 is 1.19 bits per heavy atom. The zero-order valence-electron chi connectivity index (χ0n) is 17.7. The second-order valence-corrected chi connectivity index (χ2v) is 11.3. The van der Waals surface area contributed by atoms with Gasteiger partial charge in [-0.2, -0.15) is 0 Å². The molecule has 0 bridgehead atoms. The first-order valence-corrected chi connectivity index (χ1v) is 11.4. The molecule has 12 heteroatoms. The summed E-state index contributed by atoms with van der Waals surface area (Å²) in [6, 6.07) is 4.68. The van der Waals surface area contributed by atoms with Crippen molar-refractivity contribution >= 4 is 27.3 Å². The fourth-order valence-electron chi connectivity index (χ4n) is 4.09. The smallest absolute Gasteiger partial charge is 0.275 e. The Hall–Kier alpha value is -2.99. The van der Waals surface area contributed by atoms with Gasteiger partial charge in [0.25, 0.3) is 5.91 Å². The number of carbonyl (C=O) groups excluding carboxylic acids is 1. The van der Waals surface area contributed by atoms with Gasteiger partial charge in [-0.25, -0.2) is 27.3 Å². The van der Waals surface area contributed by atoms with Crippen LogP contribution in [0.3, 0.4) is 0 Å². The van der Waals surface area contributed by atoms with Crippen molar-refractivity contribution in [1.82, 2.24) is 9.97 Å². The summed E-state index contributed by atoms with van der Waals surface area (Å²) < 4.78 is 45.3. The van der Waals surface area contributed by atoms with E-state index in [1.165, 1.54) is 12.1 Å². The molecule has 1 unspecified atom stereocenters. The maximum atomic E-state index is 15.0. The lowest BCUT2D eigenvalue weighted by Crippen LogP contribution is -2.58. The Labute approximate surface area is 183 Å². The summed E-state index contributed by atoms with van der Waals surface area (Å²) >= 11 is 0. The highest BCUT2D eigenvalue weighted by Crippen LogP contribution is 2.62. The number of nitrogens with zero attached hydrogens (tertiary/aromatic N) is 4. The van der Waals surface area contributed by atoms with Crippen molar-refractivity contribution in [2.45, 2.75) is 42.3 Å². The third kappa shape index (κ3) is 2.85. The van der Waals surface area contributed by atoms with Crippen LogP contribution in [0.1, 0.15) is 43.4 Å². The summed E-state index contributed by atoms with van der Waals surface area (Å²) in [7, 11) is -2.92. The maximum Gasteiger partial charge on any atom is 0.275 e. The third-order valence-electron chi connectivity index (χ3n) is 6.11. The summed E-state index contributed by atoms with van der Waals surface area (Å²) in [6.45, 7) is 5.09. The number of anilines is 1. The first-order chi connectivity index (χ1) is 14.9. The summed E-state index contributed by atoms with van der Waals surface area (Å²) in [5, 5.41) is 2.50. The second-order valence-electron chi connectivity index (χ2n) is 8.36. The first-order valence-electron chi connectivity index (χ1n) is 9.85. The van der Waals surface area contributed by atoms with E-state index in [9.17, 15) is 13.4 Å². The van der Waals surface area contributed by atoms with Crippen LogP contribution in [0.5, 0.6) is 0 Å². The number of hydrogen-bond donors (Lipinski definition) is 3. The van der Waals surface area contributed by atoms with Gasteiger partial charge in [-0.3, -0.25) is 9.79 Å². The van der Waals surface area contributed by atoms with Crippen LogP contribution in [0.15, 0.2) is 39.8 Å². The van der Waals surface area contributed by atoms with E-state index in [0.29, 0.717) is 0 Å². The van der Waals surface area contributed by atoms with Gasteiger partial charge in [-0.1, -0.05) is 0 Å². The zero-order valence-corrected chi connectivity index (χ0v) is 18.5. The predicted octanol–water partition coefficient (Wildman–Crippen LogP) is 1.90. The number of aliphatic imine (C=N–C) groups is 1. The molecule has 4 heterocycles. The maximum absolute atomic E-state index is 15.0. The van der Waals surface area contributed by atoms with E-state index in [2.05, 4.69) is 24.6 Å². The highest BCUT2D eigenvalue weighted by Gasteiger charge is 2.74. The molecule has 0 saturated heterocycles. The number of amides is 1. The van der Waals surface area contributed by atoms with Gasteiger partial charge in [-0.15, -0.1) is 0 Å². The van der Waals surface area contributed by atoms with E-state index in [0.717, 1.165) is 18.3 Å². The van der Waals surface area contributed by atoms with Gasteiger partial charge < -0.3 is 16.8 Å². The van der Waals surface area contributed by atoms with Crippen LogP contribution in [0.4, 0.5) is 14.6 Å². The van der Waals surface area contributed by atoms with Gasteiger partial charge >= 0.3 is 0 Å². The van der Waals surface area contributed by atoms with E-state index in [1.807, 2.05) is 0 Å². The van der Waals surface area contributed by atoms with Crippen molar-refractivity contribution in [3.63, 3.8) is 0 Å². The molecule has 170 valence electrons. The molecule has 32 heavy (non-hydrogen) atoms. The highest BCUT2D eigenvalue weighted by atomic mass is 32.2. The number of fused-ring (bicyclic) bond motifs is 1. The lowest BCUT2D eigenvalue weighted by molar-refractivity contribution is 0.102. The molecule has 4 rings (SSSR count). The number of pyridine rings is 2. The standard InChI is InChI=1S/C20H23F2N7O2S/c1-18(2)17(24)28-19(3,20(8-9-23)29-32(18,20)31)15-12(22)5-7-14(26-15)27-16(30)13-6-4-11(21)10-25-13/h4-7,10H,8-9,23H2,1-3H3,(H2,24,28)(H,26,27,30)/t19-,20+,32?/m1/s1. The molecule has 3 atom stereocenters. The average Bonchev–Trinajstić information content (AvgIpc) is 3.37. The van der Waals surface area contributed by atoms with Crippen LogP contribution in [-0.4, -0.2) is 42.1 Å². The van der Waals surface area contributed by atoms with Gasteiger partial charge in [0.05, 0.1) is 15.9 Å². The third-order valence-corrected chi connectivity index (χ3v) is 9.70. The number of amidine groups is 1. The van der Waals surface area contributed by atoms with Crippen LogP contribution in [0, 0.1) is 11.6 Å². The fraction of sp³-hybridized carbons (Fsp3) is 0.400. The largest absolute Gasteiger partial charge is 0.386 e. The number of rotatable bonds is 5. The minimum Gasteiger partial charge on any atom is -0.386 e. The predicted molar refractivity (Wildman–Crippen MR) is 116 cm³/mol. The Morgan fingerprint density at radius 3 is 2.53 bits per heavy atom. The summed E-state index contributed by atoms with van der Waals surface area (Å²) in [5.41, 5.74) is 10.2. The Bertz CT molecular complexity index is 1270. The second kappa shape index (κ2) is 7.01. The van der Waals surface area contributed by atoms with Crippen LogP contribution >= 0.6 is 0 Å². The molecule has 0 radical (unpaired) electrons. The van der Waals surface area contributed by atoms with Crippen molar-refractivity contribution in [2.75, 3.05) is 11.9 Å². The van der Waals surface area contributed by atoms with Crippen LogP contribution < -0.4 is 16.8 Å². The van der Waals surface area contributed by atoms with Crippen molar-refractivity contribution in [3.8, 4) is 0 Å². The number of nitrogens with two attached hydrogens (primary N) is 2. The molecule has 0 saturated carbocycles. The van der Waals surface area contributed by atoms with Crippen molar-refractivity contribution in [3.05, 3.63) is 53.5 Å². The quantitative estimate of drug-likeness (QED) is 0.617. The summed E-state index contributed by atoms with van der Waals surface area (Å²) in [5.74, 6) is -1.89. The van der Waals surface area contributed by atoms with E-state index < -0.39 is 42.4 Å². The lowest BCUT2D eigenvalue weighted by atomic mass is 9.85. The first kappa shape index (κ1) is 22.2. The van der Waals surface area contributed by atoms with Gasteiger partial charge in [-0.05, 0) is 51.6 Å². The molecule has 0 aliphatic carbocycles. The van der Waals surface area contributed by atoms with Gasteiger partial charge in [0.15, 0.2) is 4.87 Å². The Kier molecular flexibility index (Phi) is 4.86. The molecule has 0 fully saturated rings. The molecule has 2 aromatic rings. The van der Waals surface area contributed by atoms with E-state index in [-0.39, 0.29) is 36.0 Å². The molecule has 0 aromatic carbocycles. The number of nitrogens with one attached hydrogen (secondary N) is 1. The highest BCUT2D eigenvalue weighted by molar-refractivity contribution is 8.01. The van der Waals surface area contributed by atoms with E-state index in [4.69, 9.17) is 11.5 Å². The Morgan fingerprint density at radius 2 is 1.91 bits per heavy atom. The normalized spacial score (nSPS) is 30.0. The van der Waals surface area contributed by atoms with E-state index in [1.54, 1.807) is 20.8 Å². The minimum atomic E-state index is -2.92. The minimum absolute atomic E-state index is 0.00685. The molecular formula is C20H23F2N7O2S. The summed E-state index contributed by atoms with van der Waals surface area (Å²) in [6.07, 6.45) is 1.10. The van der Waals surface area contributed by atoms with Crippen molar-refractivity contribution in [2.24, 2.45) is 20.8 Å². The van der Waals surface area contributed by atoms with Crippen LogP contribution in [-0.2, 0) is 15.3 Å². The molecule has 2 aromatic heterocycles. The van der Waals surface area contributed by atoms with E-state index >= 15 is 4.39 Å². The molecule has 2 aliphatic heterocycles. The average molecular weight is 464 g/mol. The fourth-order valence-corrected chi connectivity index (χ4v) is 7.42. The van der Waals surface area contributed by atoms with Crippen LogP contribution in [0.25, 0.3) is 0 Å². The number of hydrogen-bond acceptors (Lipinski definition) is 8. The number of carbonyl (C=O) groups is 1. The Balaban J connectivity index is 1.78. The number of halogens is 2. The van der Waals surface area contributed by atoms with Gasteiger partial charge in [0.2, 0.25) is 0 Å². The molecule has 0 spiro atoms. The summed E-state index contributed by atoms with van der Waals surface area (Å²) in [4.78, 5) is 23.7. The molecular weight excluding hydrogens is 440 g/mol. The van der Waals surface area contributed by atoms with Crippen LogP contribution in [0.2, 0.25) is 0 Å². The molecule has 5 N–H and O–H groups in total. The van der Waals surface area contributed by atoms with Gasteiger partial charge in [0, 0.05) is 6.42 Å². The van der Waals surface area contributed by atoms with Gasteiger partial charge in [0.1, 0.15) is 45.0 Å². The lowest BCUT2D eigenvalue weighted by Gasteiger charge is -2.41. The molecule has 2 aliphatic rings.